The van der Waals surface area contributed by atoms with Crippen molar-refractivity contribution in [3.8, 4) is 11.1 Å². The molecule has 2 aliphatic carbocycles. The average molecular weight is 480 g/mol. The van der Waals surface area contributed by atoms with Crippen LogP contribution in [-0.4, -0.2) is 0 Å². The monoisotopic (exact) mass is 477 g/mol. The van der Waals surface area contributed by atoms with Crippen LogP contribution < -0.4 is 0 Å². The fourth-order valence-corrected chi connectivity index (χ4v) is 5.64. The van der Waals surface area contributed by atoms with Crippen molar-refractivity contribution in [3.63, 3.8) is 0 Å². The number of allylic oxidation sites excluding steroid dienone is 1. The van der Waals surface area contributed by atoms with Gasteiger partial charge in [-0.1, -0.05) is 0 Å². The Hall–Kier alpha value is -0.357. The van der Waals surface area contributed by atoms with Crippen LogP contribution in [0, 0.1) is 12.8 Å². The van der Waals surface area contributed by atoms with Gasteiger partial charge in [-0.25, -0.2) is 0 Å². The van der Waals surface area contributed by atoms with Gasteiger partial charge in [-0.3, -0.25) is 0 Å². The van der Waals surface area contributed by atoms with E-state index in [0.29, 0.717) is 3.63 Å². The second-order valence-corrected chi connectivity index (χ2v) is 9.31. The Kier molecular flexibility index (Phi) is 8.86. The van der Waals surface area contributed by atoms with Gasteiger partial charge in [0.25, 0.3) is 0 Å². The molecule has 0 aromatic heterocycles. The number of hydrogen-bond acceptors (Lipinski definition) is 0. The fraction of sp³-hybridized carbons (Fsp3) is 0.417. The average Bonchev–Trinajstić information content (AvgIpc) is 2.79. The Morgan fingerprint density at radius 3 is 2.22 bits per heavy atom. The van der Waals surface area contributed by atoms with Gasteiger partial charge in [-0.05, 0) is 0 Å². The third-order valence-electron chi connectivity index (χ3n) is 6.01. The summed E-state index contributed by atoms with van der Waals surface area (Å²) in [5.74, 6) is 0.925. The number of rotatable bonds is 3. The molecule has 1 atom stereocenters. The maximum absolute atomic E-state index is 2.55. The molecule has 2 aromatic carbocycles. The maximum atomic E-state index is 2.55. The van der Waals surface area contributed by atoms with E-state index in [1.807, 2.05) is 0 Å². The van der Waals surface area contributed by atoms with Crippen molar-refractivity contribution in [1.82, 2.24) is 0 Å². The summed E-state index contributed by atoms with van der Waals surface area (Å²) < 4.78 is 0.677. The van der Waals surface area contributed by atoms with E-state index >= 15 is 0 Å². The van der Waals surface area contributed by atoms with Gasteiger partial charge in [0.15, 0.2) is 0 Å². The summed E-state index contributed by atoms with van der Waals surface area (Å²) in [4.78, 5) is 0. The van der Waals surface area contributed by atoms with Crippen LogP contribution in [0.15, 0.2) is 48.0 Å². The van der Waals surface area contributed by atoms with Gasteiger partial charge in [0.2, 0.25) is 0 Å². The molecule has 27 heavy (non-hydrogen) atoms. The Labute approximate surface area is 191 Å². The van der Waals surface area contributed by atoms with Crippen LogP contribution >= 0.6 is 24.8 Å². The van der Waals surface area contributed by atoms with Crippen LogP contribution in [-0.2, 0) is 24.7 Å². The summed E-state index contributed by atoms with van der Waals surface area (Å²) in [5, 5.41) is 0. The molecule has 0 amide bonds. The van der Waals surface area contributed by atoms with E-state index in [-0.39, 0.29) is 24.8 Å². The van der Waals surface area contributed by atoms with Crippen molar-refractivity contribution in [3.05, 3.63) is 64.7 Å². The fourth-order valence-electron chi connectivity index (χ4n) is 4.53. The van der Waals surface area contributed by atoms with E-state index in [1.165, 1.54) is 67.2 Å². The first kappa shape index (κ1) is 22.9. The molecule has 1 unspecified atom stereocenters. The molecule has 0 nitrogen and oxygen atoms in total. The Bertz CT molecular complexity index is 771. The first-order chi connectivity index (χ1) is 12.2. The number of halogens is 2. The van der Waals surface area contributed by atoms with Gasteiger partial charge in [-0.15, -0.1) is 24.8 Å². The first-order valence-electron chi connectivity index (χ1n) is 9.84. The maximum Gasteiger partial charge on any atom is -0.147 e. The van der Waals surface area contributed by atoms with E-state index in [4.69, 9.17) is 0 Å². The van der Waals surface area contributed by atoms with Gasteiger partial charge in [0.05, 0.1) is 0 Å². The Morgan fingerprint density at radius 2 is 1.56 bits per heavy atom. The van der Waals surface area contributed by atoms with Crippen LogP contribution in [0.3, 0.4) is 0 Å². The molecule has 1 saturated carbocycles. The number of benzene rings is 2. The summed E-state index contributed by atoms with van der Waals surface area (Å²) in [6.07, 6.45) is 12.6. The second-order valence-electron chi connectivity index (χ2n) is 7.89. The summed E-state index contributed by atoms with van der Waals surface area (Å²) in [6.45, 7) is 2.16. The zero-order chi connectivity index (χ0) is 17.2. The Balaban J connectivity index is 0.00000131. The topological polar surface area (TPSA) is 0 Å². The third-order valence-corrected chi connectivity index (χ3v) is 7.69. The van der Waals surface area contributed by atoms with E-state index < -0.39 is 0 Å². The molecule has 0 saturated heterocycles. The predicted octanol–water partition coefficient (Wildman–Crippen LogP) is 7.85. The van der Waals surface area contributed by atoms with Crippen molar-refractivity contribution >= 4 is 30.9 Å². The molecule has 4 rings (SSSR count). The molecule has 0 heterocycles. The molecule has 0 spiro atoms. The molecule has 1 fully saturated rings. The molecule has 2 aromatic rings. The summed E-state index contributed by atoms with van der Waals surface area (Å²) in [7, 11) is 0. The Morgan fingerprint density at radius 1 is 0.889 bits per heavy atom. The van der Waals surface area contributed by atoms with Crippen molar-refractivity contribution in [2.24, 2.45) is 5.92 Å². The molecule has 3 heteroatoms. The van der Waals surface area contributed by atoms with Gasteiger partial charge >= 0.3 is 168 Å². The van der Waals surface area contributed by atoms with Gasteiger partial charge in [0.1, 0.15) is 0 Å². The molecule has 143 valence electrons. The smallest absolute Gasteiger partial charge is 0.147 e. The second kappa shape index (κ2) is 10.4. The molecule has 0 bridgehead atoms. The standard InChI is InChI=1S/C24H27.2ClH.Zr/c1-18-11-13-21(14-12-18)23-10-6-9-22-16-20(17-24(22)23)15-19-7-4-2-3-5-8-19;;;/h6,9-14,16-17,19H,2-5,7-8,15H2,1H3;2*1H;. The normalized spacial score (nSPS) is 19.3. The van der Waals surface area contributed by atoms with E-state index in [0.717, 1.165) is 5.92 Å². The predicted molar refractivity (Wildman–Crippen MR) is 118 cm³/mol. The number of aryl methyl sites for hydroxylation is 1. The van der Waals surface area contributed by atoms with E-state index in [2.05, 4.69) is 55.5 Å². The summed E-state index contributed by atoms with van der Waals surface area (Å²) >= 11 is 1.65. The molecule has 0 N–H and O–H groups in total. The summed E-state index contributed by atoms with van der Waals surface area (Å²) in [5.41, 5.74) is 8.88. The largest absolute Gasteiger partial charge is 0.147 e. The van der Waals surface area contributed by atoms with Crippen LogP contribution in [0.5, 0.6) is 0 Å². The zero-order valence-electron chi connectivity index (χ0n) is 16.0. The minimum Gasteiger partial charge on any atom is -0.147 e. The van der Waals surface area contributed by atoms with E-state index in [9.17, 15) is 0 Å². The van der Waals surface area contributed by atoms with Crippen LogP contribution in [0.1, 0.15) is 65.3 Å². The third kappa shape index (κ3) is 5.17. The van der Waals surface area contributed by atoms with Crippen molar-refractivity contribution in [2.45, 2.75) is 55.5 Å². The minimum absolute atomic E-state index is 0. The van der Waals surface area contributed by atoms with Crippen molar-refractivity contribution < 1.29 is 24.7 Å². The minimum atomic E-state index is 0. The van der Waals surface area contributed by atoms with Gasteiger partial charge < -0.3 is 0 Å². The SMILES string of the molecule is Cc1ccc(-c2cccc3c2C=C(CC2CCCCCC2)[CH]3[Zr])cc1.Cl.Cl. The van der Waals surface area contributed by atoms with Crippen LogP contribution in [0.25, 0.3) is 17.2 Å². The first-order valence-corrected chi connectivity index (χ1v) is 11.3. The van der Waals surface area contributed by atoms with Gasteiger partial charge in [0, 0.05) is 0 Å². The zero-order valence-corrected chi connectivity index (χ0v) is 20.1. The van der Waals surface area contributed by atoms with E-state index in [1.54, 1.807) is 35.9 Å². The van der Waals surface area contributed by atoms with Crippen LogP contribution in [0.4, 0.5) is 0 Å². The van der Waals surface area contributed by atoms with Crippen molar-refractivity contribution in [2.75, 3.05) is 0 Å². The summed E-state index contributed by atoms with van der Waals surface area (Å²) in [6, 6.07) is 15.9. The molecule has 2 aliphatic rings. The quantitative estimate of drug-likeness (QED) is 0.393. The van der Waals surface area contributed by atoms with Crippen LogP contribution in [0.2, 0.25) is 0 Å². The van der Waals surface area contributed by atoms with Gasteiger partial charge in [-0.2, -0.15) is 0 Å². The number of fused-ring (bicyclic) bond motifs is 1. The molecule has 0 radical (unpaired) electrons. The molecular formula is C24H29Cl2Zr. The number of hydrogen-bond donors (Lipinski definition) is 0. The van der Waals surface area contributed by atoms with Crippen molar-refractivity contribution in [1.29, 1.82) is 0 Å². The molecular weight excluding hydrogens is 450 g/mol. The molecule has 0 aliphatic heterocycles.